The zero-order valence-electron chi connectivity index (χ0n) is 14.7. The highest BCUT2D eigenvalue weighted by molar-refractivity contribution is 9.10. The molecule has 4 nitrogen and oxygen atoms in total. The molecular formula is C18H23BrFN3O. The number of hydrogen-bond acceptors (Lipinski definition) is 2. The van der Waals surface area contributed by atoms with E-state index in [0.717, 1.165) is 10.2 Å². The van der Waals surface area contributed by atoms with Crippen molar-refractivity contribution in [2.45, 2.75) is 46.7 Å². The summed E-state index contributed by atoms with van der Waals surface area (Å²) in [6.45, 7) is 10.6. The van der Waals surface area contributed by atoms with Crippen molar-refractivity contribution in [1.29, 1.82) is 0 Å². The summed E-state index contributed by atoms with van der Waals surface area (Å²) < 4.78 is 16.6. The van der Waals surface area contributed by atoms with Gasteiger partial charge in [-0.2, -0.15) is 5.10 Å². The topological polar surface area (TPSA) is 38.1 Å². The fourth-order valence-electron chi connectivity index (χ4n) is 2.66. The maximum Gasteiger partial charge on any atom is 0.257 e. The van der Waals surface area contributed by atoms with Gasteiger partial charge in [0, 0.05) is 28.8 Å². The van der Waals surface area contributed by atoms with Crippen LogP contribution in [0.25, 0.3) is 0 Å². The SMILES string of the molecule is CCN(Cc1cc(Br)ccc1F)C(=O)c1cnn(C(C)(C)C)c1C. The maximum atomic E-state index is 14.0. The number of halogens is 2. The Hall–Kier alpha value is -1.69. The lowest BCUT2D eigenvalue weighted by Gasteiger charge is -2.23. The van der Waals surface area contributed by atoms with Crippen LogP contribution in [0.15, 0.2) is 28.9 Å². The Kier molecular flexibility index (Phi) is 5.48. The summed E-state index contributed by atoms with van der Waals surface area (Å²) in [5, 5.41) is 4.35. The molecule has 130 valence electrons. The number of benzene rings is 1. The van der Waals surface area contributed by atoms with Crippen molar-refractivity contribution in [1.82, 2.24) is 14.7 Å². The minimum atomic E-state index is -0.313. The highest BCUT2D eigenvalue weighted by Gasteiger charge is 2.24. The van der Waals surface area contributed by atoms with Crippen molar-refractivity contribution in [2.24, 2.45) is 0 Å². The Balaban J connectivity index is 2.30. The molecule has 2 aromatic rings. The third kappa shape index (κ3) is 3.86. The Bertz CT molecular complexity index is 749. The first-order valence-electron chi connectivity index (χ1n) is 7.93. The normalized spacial score (nSPS) is 11.6. The van der Waals surface area contributed by atoms with E-state index in [-0.39, 0.29) is 23.8 Å². The van der Waals surface area contributed by atoms with Crippen molar-refractivity contribution in [2.75, 3.05) is 6.54 Å². The lowest BCUT2D eigenvalue weighted by Crippen LogP contribution is -2.31. The van der Waals surface area contributed by atoms with Crippen molar-refractivity contribution >= 4 is 21.8 Å². The van der Waals surface area contributed by atoms with Gasteiger partial charge in [-0.1, -0.05) is 15.9 Å². The van der Waals surface area contributed by atoms with Crippen LogP contribution in [0, 0.1) is 12.7 Å². The van der Waals surface area contributed by atoms with Crippen LogP contribution in [-0.4, -0.2) is 27.1 Å². The van der Waals surface area contributed by atoms with Crippen LogP contribution >= 0.6 is 15.9 Å². The molecule has 0 saturated carbocycles. The summed E-state index contributed by atoms with van der Waals surface area (Å²) in [4.78, 5) is 14.5. The van der Waals surface area contributed by atoms with E-state index in [1.165, 1.54) is 6.07 Å². The standard InChI is InChI=1S/C18H23BrFN3O/c1-6-22(11-13-9-14(19)7-8-16(13)20)17(24)15-10-21-23(12(15)2)18(3,4)5/h7-10H,6,11H2,1-5H3. The Labute approximate surface area is 150 Å². The highest BCUT2D eigenvalue weighted by Crippen LogP contribution is 2.22. The summed E-state index contributed by atoms with van der Waals surface area (Å²) in [6.07, 6.45) is 1.60. The molecule has 0 unspecified atom stereocenters. The summed E-state index contributed by atoms with van der Waals surface area (Å²) in [6, 6.07) is 4.76. The molecule has 0 radical (unpaired) electrons. The quantitative estimate of drug-likeness (QED) is 0.763. The smallest absolute Gasteiger partial charge is 0.257 e. The first-order valence-corrected chi connectivity index (χ1v) is 8.72. The molecule has 1 aromatic carbocycles. The Morgan fingerprint density at radius 3 is 2.58 bits per heavy atom. The van der Waals surface area contributed by atoms with Crippen LogP contribution in [-0.2, 0) is 12.1 Å². The summed E-state index contributed by atoms with van der Waals surface area (Å²) in [5.74, 6) is -0.448. The van der Waals surface area contributed by atoms with Crippen molar-refractivity contribution in [3.8, 4) is 0 Å². The van der Waals surface area contributed by atoms with Gasteiger partial charge in [0.1, 0.15) is 5.82 Å². The van der Waals surface area contributed by atoms with Crippen molar-refractivity contribution in [3.05, 3.63) is 51.5 Å². The van der Waals surface area contributed by atoms with E-state index in [2.05, 4.69) is 21.0 Å². The molecule has 6 heteroatoms. The van der Waals surface area contributed by atoms with Crippen LogP contribution in [0.2, 0.25) is 0 Å². The van der Waals surface area contributed by atoms with E-state index in [9.17, 15) is 9.18 Å². The van der Waals surface area contributed by atoms with Gasteiger partial charge in [0.15, 0.2) is 0 Å². The van der Waals surface area contributed by atoms with Gasteiger partial charge in [0.05, 0.1) is 17.3 Å². The molecule has 0 N–H and O–H groups in total. The molecular weight excluding hydrogens is 373 g/mol. The fourth-order valence-corrected chi connectivity index (χ4v) is 3.07. The number of rotatable bonds is 4. The summed E-state index contributed by atoms with van der Waals surface area (Å²) in [7, 11) is 0. The van der Waals surface area contributed by atoms with Crippen LogP contribution in [0.1, 0.15) is 49.3 Å². The van der Waals surface area contributed by atoms with Gasteiger partial charge in [-0.15, -0.1) is 0 Å². The lowest BCUT2D eigenvalue weighted by atomic mass is 10.1. The summed E-state index contributed by atoms with van der Waals surface area (Å²) >= 11 is 3.34. The second-order valence-corrected chi connectivity index (χ2v) is 7.70. The maximum absolute atomic E-state index is 14.0. The molecule has 0 fully saturated rings. The second kappa shape index (κ2) is 7.05. The third-order valence-corrected chi connectivity index (χ3v) is 4.41. The molecule has 0 bridgehead atoms. The molecule has 0 aliphatic rings. The number of hydrogen-bond donors (Lipinski definition) is 0. The lowest BCUT2D eigenvalue weighted by molar-refractivity contribution is 0.0750. The van der Waals surface area contributed by atoms with Gasteiger partial charge < -0.3 is 4.90 Å². The van der Waals surface area contributed by atoms with E-state index in [1.807, 2.05) is 39.3 Å². The van der Waals surface area contributed by atoms with E-state index >= 15 is 0 Å². The monoisotopic (exact) mass is 395 g/mol. The van der Waals surface area contributed by atoms with Gasteiger partial charge in [-0.25, -0.2) is 4.39 Å². The van der Waals surface area contributed by atoms with Crippen LogP contribution in [0.3, 0.4) is 0 Å². The predicted molar refractivity (Wildman–Crippen MR) is 96.5 cm³/mol. The van der Waals surface area contributed by atoms with Gasteiger partial charge >= 0.3 is 0 Å². The van der Waals surface area contributed by atoms with E-state index < -0.39 is 0 Å². The zero-order valence-corrected chi connectivity index (χ0v) is 16.3. The zero-order chi connectivity index (χ0) is 18.1. The molecule has 0 saturated heterocycles. The molecule has 1 aromatic heterocycles. The molecule has 1 heterocycles. The number of carbonyl (C=O) groups is 1. The molecule has 0 aliphatic heterocycles. The van der Waals surface area contributed by atoms with Crippen LogP contribution in [0.4, 0.5) is 4.39 Å². The number of aromatic nitrogens is 2. The molecule has 24 heavy (non-hydrogen) atoms. The fraction of sp³-hybridized carbons (Fsp3) is 0.444. The third-order valence-electron chi connectivity index (χ3n) is 3.91. The number of carbonyl (C=O) groups excluding carboxylic acids is 1. The number of amides is 1. The van der Waals surface area contributed by atoms with Crippen molar-refractivity contribution < 1.29 is 9.18 Å². The molecule has 0 atom stereocenters. The van der Waals surface area contributed by atoms with Gasteiger partial charge in [0.25, 0.3) is 5.91 Å². The van der Waals surface area contributed by atoms with Crippen LogP contribution < -0.4 is 0 Å². The minimum absolute atomic E-state index is 0.134. The second-order valence-electron chi connectivity index (χ2n) is 6.78. The van der Waals surface area contributed by atoms with Gasteiger partial charge in [-0.05, 0) is 52.8 Å². The van der Waals surface area contributed by atoms with E-state index in [4.69, 9.17) is 0 Å². The highest BCUT2D eigenvalue weighted by atomic mass is 79.9. The Morgan fingerprint density at radius 2 is 2.04 bits per heavy atom. The molecule has 1 amide bonds. The van der Waals surface area contributed by atoms with E-state index in [0.29, 0.717) is 17.7 Å². The first kappa shape index (κ1) is 18.6. The van der Waals surface area contributed by atoms with E-state index in [1.54, 1.807) is 23.2 Å². The average molecular weight is 396 g/mol. The van der Waals surface area contributed by atoms with Crippen molar-refractivity contribution in [3.63, 3.8) is 0 Å². The average Bonchev–Trinajstić information content (AvgIpc) is 2.89. The van der Waals surface area contributed by atoms with Gasteiger partial charge in [-0.3, -0.25) is 9.48 Å². The Morgan fingerprint density at radius 1 is 1.38 bits per heavy atom. The molecule has 0 aliphatic carbocycles. The van der Waals surface area contributed by atoms with Crippen LogP contribution in [0.5, 0.6) is 0 Å². The minimum Gasteiger partial charge on any atom is -0.334 e. The van der Waals surface area contributed by atoms with Gasteiger partial charge in [0.2, 0.25) is 0 Å². The number of nitrogens with zero attached hydrogens (tertiary/aromatic N) is 3. The first-order chi connectivity index (χ1) is 11.1. The predicted octanol–water partition coefficient (Wildman–Crippen LogP) is 4.51. The molecule has 2 rings (SSSR count). The largest absolute Gasteiger partial charge is 0.334 e. The molecule has 0 spiro atoms. The summed E-state index contributed by atoms with van der Waals surface area (Å²) in [5.41, 5.74) is 1.67.